The largest absolute Gasteiger partial charge is 0.504 e. The van der Waals surface area contributed by atoms with Crippen molar-refractivity contribution in [2.24, 2.45) is 0 Å². The lowest BCUT2D eigenvalue weighted by molar-refractivity contribution is -0.120. The zero-order valence-corrected chi connectivity index (χ0v) is 20.9. The molecule has 6 heteroatoms. The molecule has 0 fully saturated rings. The molecule has 0 heterocycles. The Morgan fingerprint density at radius 1 is 0.703 bits per heavy atom. The maximum Gasteiger partial charge on any atom is 0.224 e. The van der Waals surface area contributed by atoms with Crippen molar-refractivity contribution in [1.82, 2.24) is 5.32 Å². The minimum absolute atomic E-state index is 0.0855. The minimum Gasteiger partial charge on any atom is -0.504 e. The number of phenolic OH excluding ortho intramolecular Hbond substituents is 1. The van der Waals surface area contributed by atoms with Gasteiger partial charge in [0.2, 0.25) is 5.91 Å². The van der Waals surface area contributed by atoms with E-state index in [2.05, 4.69) is 5.32 Å². The lowest BCUT2D eigenvalue weighted by Gasteiger charge is -2.15. The average molecular weight is 498 g/mol. The quantitative estimate of drug-likeness (QED) is 0.272. The number of ether oxygens (including phenoxy) is 3. The molecule has 0 bridgehead atoms. The van der Waals surface area contributed by atoms with Crippen molar-refractivity contribution < 1.29 is 24.1 Å². The van der Waals surface area contributed by atoms with Crippen LogP contribution in [0, 0.1) is 0 Å². The van der Waals surface area contributed by atoms with E-state index in [1.807, 2.05) is 84.9 Å². The molecule has 0 spiro atoms. The highest BCUT2D eigenvalue weighted by atomic mass is 16.5. The van der Waals surface area contributed by atoms with Crippen LogP contribution in [0.3, 0.4) is 0 Å². The zero-order valence-electron chi connectivity index (χ0n) is 20.9. The van der Waals surface area contributed by atoms with Gasteiger partial charge in [0, 0.05) is 6.54 Å². The third-order valence-electron chi connectivity index (χ3n) is 5.83. The zero-order chi connectivity index (χ0) is 25.9. The van der Waals surface area contributed by atoms with E-state index in [1.165, 1.54) is 7.11 Å². The Labute approximate surface area is 217 Å². The summed E-state index contributed by atoms with van der Waals surface area (Å²) in [6, 6.07) is 30.7. The van der Waals surface area contributed by atoms with Gasteiger partial charge in [-0.2, -0.15) is 0 Å². The molecule has 0 aliphatic heterocycles. The first-order valence-corrected chi connectivity index (χ1v) is 12.2. The highest BCUT2D eigenvalue weighted by Crippen LogP contribution is 2.30. The topological polar surface area (TPSA) is 77.0 Å². The van der Waals surface area contributed by atoms with Gasteiger partial charge >= 0.3 is 0 Å². The molecule has 0 aliphatic carbocycles. The molecule has 0 saturated carbocycles. The lowest BCUT2D eigenvalue weighted by Crippen LogP contribution is -2.27. The van der Waals surface area contributed by atoms with Crippen LogP contribution in [-0.2, 0) is 30.8 Å². The molecule has 37 heavy (non-hydrogen) atoms. The predicted octanol–water partition coefficient (Wildman–Crippen LogP) is 5.46. The standard InChI is InChI=1S/C31H31NO5/c1-35-29-18-23(12-14-27(29)33)16-17-32-31(34)20-26-13-15-28(36-21-24-8-4-2-5-9-24)30(19-26)37-22-25-10-6-3-7-11-25/h2-15,18-19,33H,16-17,20-22H2,1H3,(H,32,34). The summed E-state index contributed by atoms with van der Waals surface area (Å²) in [5.74, 6) is 1.65. The van der Waals surface area contributed by atoms with Crippen LogP contribution in [0.2, 0.25) is 0 Å². The molecule has 0 atom stereocenters. The number of benzene rings is 4. The molecule has 6 nitrogen and oxygen atoms in total. The number of hydrogen-bond donors (Lipinski definition) is 2. The van der Waals surface area contributed by atoms with Crippen LogP contribution in [0.15, 0.2) is 97.1 Å². The van der Waals surface area contributed by atoms with E-state index in [9.17, 15) is 9.90 Å². The van der Waals surface area contributed by atoms with Crippen LogP contribution in [0.1, 0.15) is 22.3 Å². The van der Waals surface area contributed by atoms with Gasteiger partial charge in [-0.25, -0.2) is 0 Å². The number of carbonyl (C=O) groups is 1. The summed E-state index contributed by atoms with van der Waals surface area (Å²) in [5, 5.41) is 12.7. The Hall–Kier alpha value is -4.45. The van der Waals surface area contributed by atoms with E-state index in [1.54, 1.807) is 12.1 Å². The van der Waals surface area contributed by atoms with Crippen molar-refractivity contribution >= 4 is 5.91 Å². The maximum absolute atomic E-state index is 12.6. The Morgan fingerprint density at radius 2 is 1.30 bits per heavy atom. The van der Waals surface area contributed by atoms with Gasteiger partial charge < -0.3 is 24.6 Å². The molecule has 4 rings (SSSR count). The van der Waals surface area contributed by atoms with Gasteiger partial charge in [0.15, 0.2) is 23.0 Å². The normalized spacial score (nSPS) is 10.5. The molecule has 4 aromatic rings. The van der Waals surface area contributed by atoms with Crippen molar-refractivity contribution in [3.05, 3.63) is 119 Å². The molecule has 4 aromatic carbocycles. The fourth-order valence-electron chi connectivity index (χ4n) is 3.84. The summed E-state index contributed by atoms with van der Waals surface area (Å²) in [5.41, 5.74) is 3.90. The van der Waals surface area contributed by atoms with Gasteiger partial charge in [-0.1, -0.05) is 72.8 Å². The van der Waals surface area contributed by atoms with E-state index in [0.29, 0.717) is 43.4 Å². The smallest absolute Gasteiger partial charge is 0.224 e. The summed E-state index contributed by atoms with van der Waals surface area (Å²) < 4.78 is 17.3. The second kappa shape index (κ2) is 13.0. The van der Waals surface area contributed by atoms with Crippen LogP contribution >= 0.6 is 0 Å². The number of amides is 1. The molecule has 2 N–H and O–H groups in total. The summed E-state index contributed by atoms with van der Waals surface area (Å²) in [6.45, 7) is 1.29. The molecule has 190 valence electrons. The molecule has 0 aliphatic rings. The van der Waals surface area contributed by atoms with E-state index in [-0.39, 0.29) is 18.1 Å². The van der Waals surface area contributed by atoms with Gasteiger partial charge in [-0.3, -0.25) is 4.79 Å². The second-order valence-electron chi connectivity index (χ2n) is 8.61. The first kappa shape index (κ1) is 25.6. The average Bonchev–Trinajstić information content (AvgIpc) is 2.93. The van der Waals surface area contributed by atoms with Crippen molar-refractivity contribution in [3.8, 4) is 23.0 Å². The van der Waals surface area contributed by atoms with E-state index in [0.717, 1.165) is 22.3 Å². The summed E-state index contributed by atoms with van der Waals surface area (Å²) in [6.07, 6.45) is 0.847. The van der Waals surface area contributed by atoms with Crippen molar-refractivity contribution in [2.45, 2.75) is 26.1 Å². The third-order valence-corrected chi connectivity index (χ3v) is 5.83. The van der Waals surface area contributed by atoms with Crippen molar-refractivity contribution in [3.63, 3.8) is 0 Å². The van der Waals surface area contributed by atoms with Crippen LogP contribution in [-0.4, -0.2) is 24.7 Å². The van der Waals surface area contributed by atoms with Crippen molar-refractivity contribution in [1.29, 1.82) is 0 Å². The third kappa shape index (κ3) is 7.77. The fraction of sp³-hybridized carbons (Fsp3) is 0.194. The number of hydrogen-bond acceptors (Lipinski definition) is 5. The van der Waals surface area contributed by atoms with E-state index >= 15 is 0 Å². The number of phenols is 1. The minimum atomic E-state index is -0.0855. The Kier molecular flexibility index (Phi) is 9.02. The Morgan fingerprint density at radius 3 is 1.95 bits per heavy atom. The van der Waals surface area contributed by atoms with Crippen LogP contribution in [0.25, 0.3) is 0 Å². The van der Waals surface area contributed by atoms with Gasteiger partial charge in [0.1, 0.15) is 13.2 Å². The molecule has 0 aromatic heterocycles. The number of rotatable bonds is 12. The van der Waals surface area contributed by atoms with Gasteiger partial charge in [-0.15, -0.1) is 0 Å². The monoisotopic (exact) mass is 497 g/mol. The number of nitrogens with one attached hydrogen (secondary N) is 1. The van der Waals surface area contributed by atoms with Gasteiger partial charge in [0.05, 0.1) is 13.5 Å². The molecule has 0 unspecified atom stereocenters. The SMILES string of the molecule is COc1cc(CCNC(=O)Cc2ccc(OCc3ccccc3)c(OCc3ccccc3)c2)ccc1O. The second-order valence-corrected chi connectivity index (χ2v) is 8.61. The van der Waals surface area contributed by atoms with Crippen LogP contribution in [0.5, 0.6) is 23.0 Å². The highest BCUT2D eigenvalue weighted by molar-refractivity contribution is 5.78. The maximum atomic E-state index is 12.6. The Bertz CT molecular complexity index is 1290. The first-order valence-electron chi connectivity index (χ1n) is 12.2. The van der Waals surface area contributed by atoms with Crippen LogP contribution in [0.4, 0.5) is 0 Å². The molecular weight excluding hydrogens is 466 g/mol. The lowest BCUT2D eigenvalue weighted by atomic mass is 10.1. The van der Waals surface area contributed by atoms with Crippen LogP contribution < -0.4 is 19.5 Å². The first-order chi connectivity index (χ1) is 18.1. The van der Waals surface area contributed by atoms with Gasteiger partial charge in [0.25, 0.3) is 0 Å². The number of methoxy groups -OCH3 is 1. The summed E-state index contributed by atoms with van der Waals surface area (Å²) >= 11 is 0. The predicted molar refractivity (Wildman–Crippen MR) is 143 cm³/mol. The fourth-order valence-corrected chi connectivity index (χ4v) is 3.84. The number of aromatic hydroxyl groups is 1. The highest BCUT2D eigenvalue weighted by Gasteiger charge is 2.11. The number of carbonyl (C=O) groups excluding carboxylic acids is 1. The summed E-state index contributed by atoms with van der Waals surface area (Å²) in [4.78, 5) is 12.6. The molecular formula is C31H31NO5. The van der Waals surface area contributed by atoms with Crippen molar-refractivity contribution in [2.75, 3.05) is 13.7 Å². The van der Waals surface area contributed by atoms with E-state index in [4.69, 9.17) is 14.2 Å². The molecule has 1 amide bonds. The summed E-state index contributed by atoms with van der Waals surface area (Å²) in [7, 11) is 1.51. The Balaban J connectivity index is 1.38. The molecule has 0 saturated heterocycles. The molecule has 0 radical (unpaired) electrons. The van der Waals surface area contributed by atoms with Gasteiger partial charge in [-0.05, 0) is 52.9 Å². The van der Waals surface area contributed by atoms with E-state index < -0.39 is 0 Å².